The van der Waals surface area contributed by atoms with Gasteiger partial charge in [0.15, 0.2) is 0 Å². The van der Waals surface area contributed by atoms with Crippen LogP contribution in [0.5, 0.6) is 5.75 Å². The SMILES string of the molecule is COc1cc(C)c(CCC(C)(C)O)cc1C. The molecule has 0 bridgehead atoms. The lowest BCUT2D eigenvalue weighted by Gasteiger charge is -2.18. The van der Waals surface area contributed by atoms with Crippen molar-refractivity contribution in [3.8, 4) is 5.75 Å². The highest BCUT2D eigenvalue weighted by atomic mass is 16.5. The zero-order chi connectivity index (χ0) is 12.3. The van der Waals surface area contributed by atoms with Crippen molar-refractivity contribution in [2.45, 2.75) is 46.1 Å². The second kappa shape index (κ2) is 4.88. The van der Waals surface area contributed by atoms with E-state index in [1.807, 2.05) is 20.8 Å². The predicted octanol–water partition coefficient (Wildman–Crippen LogP) is 3.02. The van der Waals surface area contributed by atoms with Gasteiger partial charge in [0.25, 0.3) is 0 Å². The molecule has 0 heterocycles. The number of rotatable bonds is 4. The summed E-state index contributed by atoms with van der Waals surface area (Å²) in [5, 5.41) is 9.72. The van der Waals surface area contributed by atoms with Crippen LogP contribution in [0.25, 0.3) is 0 Å². The summed E-state index contributed by atoms with van der Waals surface area (Å²) in [7, 11) is 1.69. The first-order valence-electron chi connectivity index (χ1n) is 5.70. The van der Waals surface area contributed by atoms with Crippen molar-refractivity contribution < 1.29 is 9.84 Å². The fraction of sp³-hybridized carbons (Fsp3) is 0.571. The Bertz CT molecular complexity index is 362. The van der Waals surface area contributed by atoms with Gasteiger partial charge < -0.3 is 9.84 Å². The first-order chi connectivity index (χ1) is 7.33. The van der Waals surface area contributed by atoms with Crippen LogP contribution in [0.4, 0.5) is 0 Å². The Morgan fingerprint density at radius 2 is 1.81 bits per heavy atom. The van der Waals surface area contributed by atoms with E-state index in [4.69, 9.17) is 4.74 Å². The molecule has 1 aromatic carbocycles. The normalized spacial score (nSPS) is 11.6. The second-order valence-electron chi connectivity index (χ2n) is 5.06. The van der Waals surface area contributed by atoms with Crippen molar-refractivity contribution >= 4 is 0 Å². The van der Waals surface area contributed by atoms with Crippen LogP contribution >= 0.6 is 0 Å². The molecule has 1 N–H and O–H groups in total. The molecule has 1 rings (SSSR count). The maximum atomic E-state index is 9.72. The van der Waals surface area contributed by atoms with Gasteiger partial charge in [-0.2, -0.15) is 0 Å². The quantitative estimate of drug-likeness (QED) is 0.848. The first kappa shape index (κ1) is 13.0. The molecular formula is C14H22O2. The lowest BCUT2D eigenvalue weighted by molar-refractivity contribution is 0.0713. The second-order valence-corrected chi connectivity index (χ2v) is 5.06. The number of aliphatic hydroxyl groups is 1. The maximum absolute atomic E-state index is 9.72. The van der Waals surface area contributed by atoms with E-state index in [1.54, 1.807) is 7.11 Å². The molecule has 90 valence electrons. The molecule has 0 radical (unpaired) electrons. The van der Waals surface area contributed by atoms with Gasteiger partial charge in [-0.1, -0.05) is 6.07 Å². The molecule has 0 aliphatic heterocycles. The molecule has 0 unspecified atom stereocenters. The Morgan fingerprint density at radius 1 is 1.19 bits per heavy atom. The molecule has 0 aromatic heterocycles. The van der Waals surface area contributed by atoms with Crippen LogP contribution in [-0.2, 0) is 6.42 Å². The van der Waals surface area contributed by atoms with E-state index in [0.717, 1.165) is 24.2 Å². The van der Waals surface area contributed by atoms with Crippen LogP contribution in [0.2, 0.25) is 0 Å². The summed E-state index contributed by atoms with van der Waals surface area (Å²) in [6.45, 7) is 7.82. The van der Waals surface area contributed by atoms with E-state index in [0.29, 0.717) is 0 Å². The summed E-state index contributed by atoms with van der Waals surface area (Å²) in [5.41, 5.74) is 3.08. The highest BCUT2D eigenvalue weighted by Gasteiger charge is 2.13. The van der Waals surface area contributed by atoms with Crippen molar-refractivity contribution in [1.82, 2.24) is 0 Å². The number of hydrogen-bond acceptors (Lipinski definition) is 2. The summed E-state index contributed by atoms with van der Waals surface area (Å²) in [6.07, 6.45) is 1.68. The van der Waals surface area contributed by atoms with Gasteiger partial charge in [-0.15, -0.1) is 0 Å². The standard InChI is InChI=1S/C14H22O2/c1-10-9-13(16-5)11(2)8-12(10)6-7-14(3,4)15/h8-9,15H,6-7H2,1-5H3. The average molecular weight is 222 g/mol. The van der Waals surface area contributed by atoms with E-state index < -0.39 is 5.60 Å². The summed E-state index contributed by atoms with van der Waals surface area (Å²) in [4.78, 5) is 0. The van der Waals surface area contributed by atoms with E-state index in [2.05, 4.69) is 19.1 Å². The molecule has 0 saturated carbocycles. The highest BCUT2D eigenvalue weighted by molar-refractivity contribution is 5.41. The monoisotopic (exact) mass is 222 g/mol. The molecule has 0 aliphatic carbocycles. The van der Waals surface area contributed by atoms with Crippen LogP contribution in [0.3, 0.4) is 0 Å². The van der Waals surface area contributed by atoms with Crippen LogP contribution in [0, 0.1) is 13.8 Å². The highest BCUT2D eigenvalue weighted by Crippen LogP contribution is 2.24. The minimum absolute atomic E-state index is 0.597. The first-order valence-corrected chi connectivity index (χ1v) is 5.70. The molecular weight excluding hydrogens is 200 g/mol. The summed E-state index contributed by atoms with van der Waals surface area (Å²) >= 11 is 0. The molecule has 0 saturated heterocycles. The summed E-state index contributed by atoms with van der Waals surface area (Å²) < 4.78 is 5.28. The molecule has 2 heteroatoms. The molecule has 1 aromatic rings. The van der Waals surface area contributed by atoms with E-state index in [-0.39, 0.29) is 0 Å². The molecule has 0 atom stereocenters. The molecule has 0 amide bonds. The predicted molar refractivity (Wildman–Crippen MR) is 67.1 cm³/mol. The Morgan fingerprint density at radius 3 is 2.31 bits per heavy atom. The fourth-order valence-corrected chi connectivity index (χ4v) is 1.78. The largest absolute Gasteiger partial charge is 0.496 e. The van der Waals surface area contributed by atoms with Gasteiger partial charge in [0, 0.05) is 0 Å². The number of benzene rings is 1. The van der Waals surface area contributed by atoms with Gasteiger partial charge in [-0.3, -0.25) is 0 Å². The lowest BCUT2D eigenvalue weighted by atomic mass is 9.95. The molecule has 0 fully saturated rings. The van der Waals surface area contributed by atoms with Crippen molar-refractivity contribution in [1.29, 1.82) is 0 Å². The van der Waals surface area contributed by atoms with Gasteiger partial charge in [-0.05, 0) is 63.3 Å². The van der Waals surface area contributed by atoms with Crippen LogP contribution in [-0.4, -0.2) is 17.8 Å². The molecule has 0 aliphatic rings. The number of methoxy groups -OCH3 is 1. The van der Waals surface area contributed by atoms with E-state index in [9.17, 15) is 5.11 Å². The molecule has 16 heavy (non-hydrogen) atoms. The van der Waals surface area contributed by atoms with Crippen molar-refractivity contribution in [2.24, 2.45) is 0 Å². The third kappa shape index (κ3) is 3.53. The smallest absolute Gasteiger partial charge is 0.122 e. The van der Waals surface area contributed by atoms with E-state index in [1.165, 1.54) is 11.1 Å². The van der Waals surface area contributed by atoms with Gasteiger partial charge in [0.1, 0.15) is 5.75 Å². The Kier molecular flexibility index (Phi) is 3.98. The number of aryl methyl sites for hydroxylation is 3. The van der Waals surface area contributed by atoms with Crippen molar-refractivity contribution in [3.05, 3.63) is 28.8 Å². The third-order valence-electron chi connectivity index (χ3n) is 2.86. The van der Waals surface area contributed by atoms with E-state index >= 15 is 0 Å². The van der Waals surface area contributed by atoms with Crippen LogP contribution in [0.15, 0.2) is 12.1 Å². The van der Waals surface area contributed by atoms with Crippen LogP contribution < -0.4 is 4.74 Å². The Labute approximate surface area is 98.3 Å². The van der Waals surface area contributed by atoms with Crippen molar-refractivity contribution in [2.75, 3.05) is 7.11 Å². The summed E-state index contributed by atoms with van der Waals surface area (Å²) in [6, 6.07) is 4.22. The maximum Gasteiger partial charge on any atom is 0.122 e. The molecule has 2 nitrogen and oxygen atoms in total. The van der Waals surface area contributed by atoms with Gasteiger partial charge in [0.05, 0.1) is 12.7 Å². The number of hydrogen-bond donors (Lipinski definition) is 1. The fourth-order valence-electron chi connectivity index (χ4n) is 1.78. The zero-order valence-electron chi connectivity index (χ0n) is 10.9. The topological polar surface area (TPSA) is 29.5 Å². The summed E-state index contributed by atoms with van der Waals surface area (Å²) in [5.74, 6) is 0.935. The molecule has 0 spiro atoms. The van der Waals surface area contributed by atoms with Crippen LogP contribution in [0.1, 0.15) is 37.0 Å². The average Bonchev–Trinajstić information content (AvgIpc) is 2.17. The minimum atomic E-state index is -0.597. The minimum Gasteiger partial charge on any atom is -0.496 e. The Hall–Kier alpha value is -1.02. The van der Waals surface area contributed by atoms with Crippen molar-refractivity contribution in [3.63, 3.8) is 0 Å². The zero-order valence-corrected chi connectivity index (χ0v) is 10.9. The third-order valence-corrected chi connectivity index (χ3v) is 2.86. The lowest BCUT2D eigenvalue weighted by Crippen LogP contribution is -2.19. The Balaban J connectivity index is 2.86. The van der Waals surface area contributed by atoms with Gasteiger partial charge in [-0.25, -0.2) is 0 Å². The van der Waals surface area contributed by atoms with Gasteiger partial charge >= 0.3 is 0 Å². The number of ether oxygens (including phenoxy) is 1. The van der Waals surface area contributed by atoms with Gasteiger partial charge in [0.2, 0.25) is 0 Å².